The Labute approximate surface area is 114 Å². The summed E-state index contributed by atoms with van der Waals surface area (Å²) in [5, 5.41) is 11.8. The highest BCUT2D eigenvalue weighted by atomic mass is 35.5. The molecule has 0 saturated heterocycles. The molecule has 0 atom stereocenters. The van der Waals surface area contributed by atoms with E-state index < -0.39 is 0 Å². The fraction of sp³-hybridized carbons (Fsp3) is 0.0833. The minimum absolute atomic E-state index is 0.0103. The lowest BCUT2D eigenvalue weighted by atomic mass is 10.3. The summed E-state index contributed by atoms with van der Waals surface area (Å²) in [6.45, 7) is -0.0103. The van der Waals surface area contributed by atoms with Crippen LogP contribution in [-0.2, 0) is 11.3 Å². The Morgan fingerprint density at radius 1 is 1.58 bits per heavy atom. The average molecular weight is 276 g/mol. The minimum Gasteiger partial charge on any atom is -0.399 e. The second-order valence-corrected chi connectivity index (χ2v) is 4.19. The Hall–Kier alpha value is -2.52. The highest BCUT2D eigenvalue weighted by Crippen LogP contribution is 2.23. The number of imidazole rings is 1. The first-order valence-electron chi connectivity index (χ1n) is 5.36. The number of benzene rings is 1. The van der Waals surface area contributed by atoms with Crippen LogP contribution < -0.4 is 11.1 Å². The average Bonchev–Trinajstić information content (AvgIpc) is 2.80. The number of amides is 1. The number of carbonyl (C=O) groups excluding carboxylic acids is 1. The van der Waals surface area contributed by atoms with Gasteiger partial charge in [-0.3, -0.25) is 4.79 Å². The highest BCUT2D eigenvalue weighted by molar-refractivity contribution is 6.34. The molecule has 1 amide bonds. The maximum absolute atomic E-state index is 11.8. The Morgan fingerprint density at radius 3 is 3.05 bits per heavy atom. The van der Waals surface area contributed by atoms with Crippen LogP contribution >= 0.6 is 11.6 Å². The smallest absolute Gasteiger partial charge is 0.244 e. The van der Waals surface area contributed by atoms with Crippen LogP contribution in [0.1, 0.15) is 5.82 Å². The molecule has 0 bridgehead atoms. The number of hydrogen-bond acceptors (Lipinski definition) is 4. The number of rotatable bonds is 3. The van der Waals surface area contributed by atoms with Crippen LogP contribution in [0.4, 0.5) is 11.4 Å². The van der Waals surface area contributed by atoms with Gasteiger partial charge in [0.25, 0.3) is 0 Å². The molecule has 0 aliphatic carbocycles. The fourth-order valence-corrected chi connectivity index (χ4v) is 1.76. The largest absolute Gasteiger partial charge is 0.399 e. The van der Waals surface area contributed by atoms with E-state index in [-0.39, 0.29) is 18.3 Å². The molecule has 2 rings (SSSR count). The van der Waals surface area contributed by atoms with Crippen molar-refractivity contribution in [1.29, 1.82) is 5.26 Å². The number of nitrogens with zero attached hydrogens (tertiary/aromatic N) is 3. The molecule has 0 aliphatic heterocycles. The van der Waals surface area contributed by atoms with Crippen molar-refractivity contribution in [2.45, 2.75) is 6.54 Å². The van der Waals surface area contributed by atoms with Crippen molar-refractivity contribution >= 4 is 28.9 Å². The summed E-state index contributed by atoms with van der Waals surface area (Å²) in [7, 11) is 0. The van der Waals surface area contributed by atoms with Gasteiger partial charge in [0.15, 0.2) is 0 Å². The summed E-state index contributed by atoms with van der Waals surface area (Å²) in [5.41, 5.74) is 6.55. The number of aromatic nitrogens is 2. The van der Waals surface area contributed by atoms with Crippen molar-refractivity contribution in [1.82, 2.24) is 9.55 Å². The molecule has 0 spiro atoms. The van der Waals surface area contributed by atoms with Crippen LogP contribution in [0.5, 0.6) is 0 Å². The van der Waals surface area contributed by atoms with E-state index in [0.29, 0.717) is 16.4 Å². The molecule has 2 aromatic rings. The molecule has 1 heterocycles. The van der Waals surface area contributed by atoms with Crippen molar-refractivity contribution in [2.75, 3.05) is 11.1 Å². The van der Waals surface area contributed by atoms with E-state index >= 15 is 0 Å². The Kier molecular flexibility index (Phi) is 3.68. The lowest BCUT2D eigenvalue weighted by Crippen LogP contribution is -2.19. The van der Waals surface area contributed by atoms with E-state index in [9.17, 15) is 4.79 Å². The van der Waals surface area contributed by atoms with Crippen LogP contribution in [0.25, 0.3) is 0 Å². The summed E-state index contributed by atoms with van der Waals surface area (Å²) in [6, 6.07) is 6.70. The second kappa shape index (κ2) is 5.42. The van der Waals surface area contributed by atoms with Crippen LogP contribution in [-0.4, -0.2) is 15.5 Å². The van der Waals surface area contributed by atoms with E-state index in [1.165, 1.54) is 10.8 Å². The summed E-state index contributed by atoms with van der Waals surface area (Å²) in [6.07, 6.45) is 3.02. The van der Waals surface area contributed by atoms with Gasteiger partial charge in [-0.15, -0.1) is 0 Å². The third-order valence-corrected chi connectivity index (χ3v) is 2.71. The molecular weight excluding hydrogens is 266 g/mol. The molecule has 19 heavy (non-hydrogen) atoms. The van der Waals surface area contributed by atoms with E-state index in [4.69, 9.17) is 22.6 Å². The molecule has 0 saturated carbocycles. The first-order chi connectivity index (χ1) is 9.10. The Morgan fingerprint density at radius 2 is 2.37 bits per heavy atom. The third kappa shape index (κ3) is 3.03. The van der Waals surface area contributed by atoms with Gasteiger partial charge in [0, 0.05) is 18.1 Å². The van der Waals surface area contributed by atoms with E-state index in [1.54, 1.807) is 24.4 Å². The van der Waals surface area contributed by atoms with Crippen molar-refractivity contribution in [3.63, 3.8) is 0 Å². The number of nitrogens with one attached hydrogen (secondary N) is 1. The molecule has 6 nitrogen and oxygen atoms in total. The number of carbonyl (C=O) groups is 1. The third-order valence-electron chi connectivity index (χ3n) is 2.40. The zero-order valence-corrected chi connectivity index (χ0v) is 10.6. The quantitative estimate of drug-likeness (QED) is 0.832. The number of anilines is 2. The van der Waals surface area contributed by atoms with E-state index in [2.05, 4.69) is 10.3 Å². The maximum Gasteiger partial charge on any atom is 0.244 e. The van der Waals surface area contributed by atoms with Gasteiger partial charge in [-0.05, 0) is 18.2 Å². The van der Waals surface area contributed by atoms with Gasteiger partial charge >= 0.3 is 0 Å². The minimum atomic E-state index is -0.304. The van der Waals surface area contributed by atoms with Crippen molar-refractivity contribution < 1.29 is 4.79 Å². The van der Waals surface area contributed by atoms with Gasteiger partial charge in [-0.2, -0.15) is 5.26 Å². The number of nitrogen functional groups attached to an aromatic ring is 1. The van der Waals surface area contributed by atoms with Crippen LogP contribution in [0.2, 0.25) is 5.02 Å². The molecule has 1 aromatic carbocycles. The van der Waals surface area contributed by atoms with Gasteiger partial charge in [-0.1, -0.05) is 11.6 Å². The molecular formula is C12H10ClN5O. The van der Waals surface area contributed by atoms with Crippen LogP contribution in [0.15, 0.2) is 30.6 Å². The normalized spacial score (nSPS) is 9.89. The van der Waals surface area contributed by atoms with Gasteiger partial charge in [0.1, 0.15) is 12.6 Å². The van der Waals surface area contributed by atoms with Crippen LogP contribution in [0.3, 0.4) is 0 Å². The lowest BCUT2D eigenvalue weighted by Gasteiger charge is -2.08. The number of halogens is 1. The van der Waals surface area contributed by atoms with Crippen molar-refractivity contribution in [3.8, 4) is 6.07 Å². The topological polar surface area (TPSA) is 96.7 Å². The van der Waals surface area contributed by atoms with Gasteiger partial charge < -0.3 is 15.6 Å². The predicted octanol–water partition coefficient (Wildman–Crippen LogP) is 1.63. The zero-order valence-electron chi connectivity index (χ0n) is 9.80. The van der Waals surface area contributed by atoms with E-state index in [1.807, 2.05) is 6.07 Å². The highest BCUT2D eigenvalue weighted by Gasteiger charge is 2.09. The summed E-state index contributed by atoms with van der Waals surface area (Å²) < 4.78 is 1.44. The molecule has 0 fully saturated rings. The first kappa shape index (κ1) is 12.9. The lowest BCUT2D eigenvalue weighted by molar-refractivity contribution is -0.116. The summed E-state index contributed by atoms with van der Waals surface area (Å²) in [5.74, 6) is -0.125. The first-order valence-corrected chi connectivity index (χ1v) is 5.74. The summed E-state index contributed by atoms with van der Waals surface area (Å²) >= 11 is 5.95. The molecule has 0 radical (unpaired) electrons. The van der Waals surface area contributed by atoms with E-state index in [0.717, 1.165) is 0 Å². The summed E-state index contributed by atoms with van der Waals surface area (Å²) in [4.78, 5) is 15.6. The second-order valence-electron chi connectivity index (χ2n) is 3.78. The van der Waals surface area contributed by atoms with Crippen molar-refractivity contribution in [2.24, 2.45) is 0 Å². The zero-order chi connectivity index (χ0) is 13.8. The standard InChI is InChI=1S/C12H10ClN5O/c13-9-5-8(15)1-2-10(9)17-12(19)7-18-4-3-16-11(18)6-14/h1-5H,7,15H2,(H,17,19). The molecule has 1 aromatic heterocycles. The number of hydrogen-bond donors (Lipinski definition) is 2. The Balaban J connectivity index is 2.08. The number of nitrogens with two attached hydrogens (primary N) is 1. The molecule has 0 unspecified atom stereocenters. The monoisotopic (exact) mass is 275 g/mol. The molecule has 96 valence electrons. The maximum atomic E-state index is 11.8. The van der Waals surface area contributed by atoms with Gasteiger partial charge in [-0.25, -0.2) is 4.98 Å². The molecule has 7 heteroatoms. The fourth-order valence-electron chi connectivity index (χ4n) is 1.53. The predicted molar refractivity (Wildman–Crippen MR) is 71.4 cm³/mol. The Bertz CT molecular complexity index is 658. The van der Waals surface area contributed by atoms with Gasteiger partial charge in [0.2, 0.25) is 11.7 Å². The molecule has 0 aliphatic rings. The van der Waals surface area contributed by atoms with Crippen molar-refractivity contribution in [3.05, 3.63) is 41.4 Å². The number of nitriles is 1. The SMILES string of the molecule is N#Cc1nccn1CC(=O)Nc1ccc(N)cc1Cl. The van der Waals surface area contributed by atoms with Crippen LogP contribution in [0, 0.1) is 11.3 Å². The van der Waals surface area contributed by atoms with Gasteiger partial charge in [0.05, 0.1) is 10.7 Å². The molecule has 3 N–H and O–H groups in total.